The number of hydrogen-bond acceptors (Lipinski definition) is 2. The molecule has 0 atom stereocenters. The number of carbonyl (C=O) groups is 1. The summed E-state index contributed by atoms with van der Waals surface area (Å²) in [7, 11) is 0. The van der Waals surface area contributed by atoms with E-state index in [2.05, 4.69) is 4.74 Å². The minimum absolute atomic E-state index is 2.39. The van der Waals surface area contributed by atoms with E-state index in [1.807, 2.05) is 0 Å². The zero-order valence-corrected chi connectivity index (χ0v) is 10.4. The van der Waals surface area contributed by atoms with E-state index in [1.54, 1.807) is 0 Å². The van der Waals surface area contributed by atoms with Crippen molar-refractivity contribution in [2.75, 3.05) is 6.61 Å². The Morgan fingerprint density at radius 1 is 0.667 bits per heavy atom. The van der Waals surface area contributed by atoms with Gasteiger partial charge in [0.15, 0.2) is 0 Å². The minimum Gasteiger partial charge on any atom is -0.480 e. The highest BCUT2D eigenvalue weighted by Gasteiger charge is 2.93. The molecule has 0 aromatic carbocycles. The van der Waals surface area contributed by atoms with Crippen LogP contribution in [0.4, 0.5) is 57.1 Å². The van der Waals surface area contributed by atoms with Crippen molar-refractivity contribution in [3.8, 4) is 0 Å². The highest BCUT2D eigenvalue weighted by Crippen LogP contribution is 2.61. The van der Waals surface area contributed by atoms with Gasteiger partial charge in [0.25, 0.3) is 0 Å². The van der Waals surface area contributed by atoms with E-state index >= 15 is 0 Å². The summed E-state index contributed by atoms with van der Waals surface area (Å²) >= 11 is 0. The molecule has 0 fully saturated rings. The van der Waals surface area contributed by atoms with Crippen molar-refractivity contribution in [3.05, 3.63) is 0 Å². The van der Waals surface area contributed by atoms with Gasteiger partial charge in [0.2, 0.25) is 0 Å². The van der Waals surface area contributed by atoms with Gasteiger partial charge in [-0.05, 0) is 0 Å². The van der Waals surface area contributed by atoms with Crippen LogP contribution in [0.5, 0.6) is 0 Å². The lowest BCUT2D eigenvalue weighted by molar-refractivity contribution is -0.480. The van der Waals surface area contributed by atoms with Crippen LogP contribution < -0.4 is 0 Å². The molecular formula is C8H3F13O3. The van der Waals surface area contributed by atoms with E-state index in [4.69, 9.17) is 5.11 Å². The van der Waals surface area contributed by atoms with Crippen molar-refractivity contribution in [1.82, 2.24) is 0 Å². The average molecular weight is 394 g/mol. The maximum Gasteiger partial charge on any atom is 0.460 e. The SMILES string of the molecule is O=C(O)COC(C(F)(F)F)(C(F)(F)F)C(F)(F)C(F)(F)C(F)(F)F. The highest BCUT2D eigenvalue weighted by atomic mass is 19.4. The average Bonchev–Trinajstić information content (AvgIpc) is 2.22. The van der Waals surface area contributed by atoms with Gasteiger partial charge >= 0.3 is 41.9 Å². The number of halogens is 13. The Labute approximate surface area is 122 Å². The summed E-state index contributed by atoms with van der Waals surface area (Å²) in [6, 6.07) is 0. The number of alkyl halides is 13. The summed E-state index contributed by atoms with van der Waals surface area (Å²) in [5.41, 5.74) is -7.44. The molecule has 0 saturated carbocycles. The fourth-order valence-electron chi connectivity index (χ4n) is 1.34. The Balaban J connectivity index is 6.76. The van der Waals surface area contributed by atoms with Crippen molar-refractivity contribution in [3.63, 3.8) is 0 Å². The lowest BCUT2D eigenvalue weighted by Crippen LogP contribution is -2.76. The van der Waals surface area contributed by atoms with Gasteiger partial charge in [-0.1, -0.05) is 0 Å². The first kappa shape index (κ1) is 22.5. The van der Waals surface area contributed by atoms with Crippen molar-refractivity contribution in [2.24, 2.45) is 0 Å². The highest BCUT2D eigenvalue weighted by molar-refractivity contribution is 5.68. The molecule has 1 N–H and O–H groups in total. The quantitative estimate of drug-likeness (QED) is 0.723. The van der Waals surface area contributed by atoms with Crippen molar-refractivity contribution < 1.29 is 71.7 Å². The predicted octanol–water partition coefficient (Wildman–Crippen LogP) is 3.78. The molecule has 0 aromatic rings. The van der Waals surface area contributed by atoms with E-state index in [0.717, 1.165) is 0 Å². The van der Waals surface area contributed by atoms with Crippen LogP contribution in [0.1, 0.15) is 0 Å². The molecule has 0 saturated heterocycles. The Kier molecular flexibility index (Phi) is 5.44. The molecule has 0 rings (SSSR count). The van der Waals surface area contributed by atoms with Gasteiger partial charge in [-0.3, -0.25) is 0 Å². The van der Waals surface area contributed by atoms with E-state index in [-0.39, 0.29) is 0 Å². The van der Waals surface area contributed by atoms with Crippen molar-refractivity contribution in [1.29, 1.82) is 0 Å². The zero-order chi connectivity index (χ0) is 20.0. The van der Waals surface area contributed by atoms with Gasteiger partial charge in [-0.25, -0.2) is 4.79 Å². The fraction of sp³-hybridized carbons (Fsp3) is 0.875. The smallest absolute Gasteiger partial charge is 0.460 e. The first-order chi connectivity index (χ1) is 10.2. The second-order valence-corrected chi connectivity index (χ2v) is 4.01. The maximum absolute atomic E-state index is 13.2. The number of aliphatic carboxylic acids is 1. The third kappa shape index (κ3) is 3.19. The monoisotopic (exact) mass is 394 g/mol. The van der Waals surface area contributed by atoms with Crippen LogP contribution in [0.25, 0.3) is 0 Å². The summed E-state index contributed by atoms with van der Waals surface area (Å²) in [5, 5.41) is 7.92. The van der Waals surface area contributed by atoms with Gasteiger partial charge < -0.3 is 9.84 Å². The minimum atomic E-state index is -8.00. The molecular weight excluding hydrogens is 391 g/mol. The molecule has 0 unspecified atom stereocenters. The van der Waals surface area contributed by atoms with Crippen LogP contribution in [-0.4, -0.2) is 53.7 Å². The largest absolute Gasteiger partial charge is 0.480 e. The normalized spacial score (nSPS) is 15.5. The predicted molar refractivity (Wildman–Crippen MR) is 44.4 cm³/mol. The third-order valence-corrected chi connectivity index (χ3v) is 2.40. The molecule has 0 aliphatic carbocycles. The van der Waals surface area contributed by atoms with Crippen LogP contribution in [-0.2, 0) is 9.53 Å². The first-order valence-corrected chi connectivity index (χ1v) is 4.98. The summed E-state index contributed by atoms with van der Waals surface area (Å²) in [4.78, 5) is 9.96. The lowest BCUT2D eigenvalue weighted by atomic mass is 9.88. The molecule has 0 spiro atoms. The third-order valence-electron chi connectivity index (χ3n) is 2.40. The number of carboxylic acid groups (broad SMARTS) is 1. The molecule has 0 aliphatic rings. The Morgan fingerprint density at radius 3 is 1.21 bits per heavy atom. The molecule has 24 heavy (non-hydrogen) atoms. The van der Waals surface area contributed by atoms with E-state index in [1.165, 1.54) is 0 Å². The molecule has 0 amide bonds. The van der Waals surface area contributed by atoms with Gasteiger partial charge in [-0.2, -0.15) is 57.1 Å². The maximum atomic E-state index is 13.2. The van der Waals surface area contributed by atoms with Crippen molar-refractivity contribution >= 4 is 5.97 Å². The first-order valence-electron chi connectivity index (χ1n) is 4.98. The van der Waals surface area contributed by atoms with E-state index < -0.39 is 48.6 Å². The number of hydrogen-bond donors (Lipinski definition) is 1. The topological polar surface area (TPSA) is 46.5 Å². The van der Waals surface area contributed by atoms with Crippen LogP contribution in [0.2, 0.25) is 0 Å². The molecule has 0 heterocycles. The zero-order valence-electron chi connectivity index (χ0n) is 10.4. The molecule has 0 bridgehead atoms. The lowest BCUT2D eigenvalue weighted by Gasteiger charge is -2.44. The van der Waals surface area contributed by atoms with Crippen LogP contribution in [0.3, 0.4) is 0 Å². The molecule has 16 heteroatoms. The number of ether oxygens (including phenoxy) is 1. The van der Waals surface area contributed by atoms with Gasteiger partial charge in [-0.15, -0.1) is 0 Å². The Hall–Kier alpha value is -1.48. The van der Waals surface area contributed by atoms with Gasteiger partial charge in [0, 0.05) is 0 Å². The summed E-state index contributed by atoms with van der Waals surface area (Å²) in [6.07, 6.45) is -22.7. The second-order valence-electron chi connectivity index (χ2n) is 4.01. The summed E-state index contributed by atoms with van der Waals surface area (Å²) in [5.74, 6) is -18.6. The number of rotatable bonds is 5. The molecule has 3 nitrogen and oxygen atoms in total. The van der Waals surface area contributed by atoms with Crippen LogP contribution in [0, 0.1) is 0 Å². The van der Waals surface area contributed by atoms with Crippen LogP contribution >= 0.6 is 0 Å². The second kappa shape index (κ2) is 5.80. The van der Waals surface area contributed by atoms with E-state index in [9.17, 15) is 61.9 Å². The Morgan fingerprint density at radius 2 is 1.00 bits per heavy atom. The standard InChI is InChI=1S/C8H3F13O3/c9-4(10,5(11,12)8(19,20)21)3(6(13,14)15,7(16,17)18)24-1-2(22)23/h1H2,(H,22,23). The molecule has 0 aromatic heterocycles. The molecule has 0 radical (unpaired) electrons. The van der Waals surface area contributed by atoms with E-state index in [0.29, 0.717) is 0 Å². The van der Waals surface area contributed by atoms with Gasteiger partial charge in [0.05, 0.1) is 0 Å². The van der Waals surface area contributed by atoms with Crippen LogP contribution in [0.15, 0.2) is 0 Å². The fourth-order valence-corrected chi connectivity index (χ4v) is 1.34. The number of carboxylic acids is 1. The molecule has 0 aliphatic heterocycles. The summed E-state index contributed by atoms with van der Waals surface area (Å²) in [6.45, 7) is -2.90. The van der Waals surface area contributed by atoms with Gasteiger partial charge in [0.1, 0.15) is 6.61 Å². The van der Waals surface area contributed by atoms with Crippen molar-refractivity contribution in [2.45, 2.75) is 36.0 Å². The molecule has 144 valence electrons. The Bertz CT molecular complexity index is 457. The summed E-state index contributed by atoms with van der Waals surface area (Å²) < 4.78 is 165.